The van der Waals surface area contributed by atoms with Crippen LogP contribution in [0.15, 0.2) is 66.7 Å². The first kappa shape index (κ1) is 19.4. The van der Waals surface area contributed by atoms with Crippen LogP contribution in [0.3, 0.4) is 0 Å². The zero-order valence-electron chi connectivity index (χ0n) is 16.8. The Morgan fingerprint density at radius 2 is 1.42 bits per heavy atom. The first-order chi connectivity index (χ1) is 15.1. The van der Waals surface area contributed by atoms with E-state index in [0.717, 1.165) is 36.1 Å². The molecule has 0 aliphatic carbocycles. The lowest BCUT2D eigenvalue weighted by Crippen LogP contribution is -2.71. The molecule has 2 bridgehead atoms. The molecule has 1 unspecified atom stereocenters. The van der Waals surface area contributed by atoms with Crippen molar-refractivity contribution in [3.63, 3.8) is 0 Å². The minimum atomic E-state index is -1.54. The van der Waals surface area contributed by atoms with Gasteiger partial charge in [0.2, 0.25) is 0 Å². The molecule has 156 valence electrons. The maximum atomic E-state index is 12.2. The Balaban J connectivity index is 1.38. The summed E-state index contributed by atoms with van der Waals surface area (Å²) < 4.78 is 17.6. The molecule has 4 aliphatic rings. The summed E-state index contributed by atoms with van der Waals surface area (Å²) in [5.74, 6) is 4.22. The van der Waals surface area contributed by atoms with Gasteiger partial charge >= 0.3 is 17.8 Å². The number of fused-ring (bicyclic) bond motifs is 2. The molecular formula is C25H21NO5. The zero-order chi connectivity index (χ0) is 21.3. The summed E-state index contributed by atoms with van der Waals surface area (Å²) >= 11 is 0. The van der Waals surface area contributed by atoms with Gasteiger partial charge in [-0.15, -0.1) is 0 Å². The van der Waals surface area contributed by atoms with Gasteiger partial charge in [-0.3, -0.25) is 0 Å². The largest absolute Gasteiger partial charge is 0.480 e. The van der Waals surface area contributed by atoms with E-state index in [0.29, 0.717) is 18.8 Å². The highest BCUT2D eigenvalue weighted by Crippen LogP contribution is 2.44. The Morgan fingerprint density at radius 3 is 2.03 bits per heavy atom. The molecule has 4 heterocycles. The maximum absolute atomic E-state index is 12.2. The van der Waals surface area contributed by atoms with Crippen molar-refractivity contribution in [3.05, 3.63) is 77.9 Å². The molecule has 6 heteroatoms. The average Bonchev–Trinajstić information content (AvgIpc) is 2.95. The number of rotatable bonds is 2. The Bertz CT molecular complexity index is 1050. The van der Waals surface area contributed by atoms with E-state index in [1.54, 1.807) is 0 Å². The van der Waals surface area contributed by atoms with Gasteiger partial charge in [-0.2, -0.15) is 0 Å². The third-order valence-corrected chi connectivity index (χ3v) is 5.86. The van der Waals surface area contributed by atoms with Crippen molar-refractivity contribution in [2.75, 3.05) is 13.1 Å². The Hall–Kier alpha value is -3.56. The second-order valence-corrected chi connectivity index (χ2v) is 7.81. The van der Waals surface area contributed by atoms with Crippen LogP contribution in [0.1, 0.15) is 24.0 Å². The summed E-state index contributed by atoms with van der Waals surface area (Å²) in [6, 6.07) is 17.2. The first-order valence-corrected chi connectivity index (χ1v) is 10.4. The predicted molar refractivity (Wildman–Crippen MR) is 112 cm³/mol. The monoisotopic (exact) mass is 415 g/mol. The van der Waals surface area contributed by atoms with Crippen molar-refractivity contribution in [1.82, 2.24) is 4.90 Å². The van der Waals surface area contributed by atoms with Crippen molar-refractivity contribution in [3.8, 4) is 17.6 Å². The number of esters is 2. The normalized spacial score (nSPS) is 25.7. The average molecular weight is 415 g/mol. The van der Waals surface area contributed by atoms with Gasteiger partial charge in [-0.05, 0) is 49.2 Å². The number of nitrogens with zero attached hydrogens (tertiary/aromatic N) is 1. The molecule has 3 fully saturated rings. The molecule has 31 heavy (non-hydrogen) atoms. The van der Waals surface area contributed by atoms with Crippen LogP contribution in [0.5, 0.6) is 5.75 Å². The summed E-state index contributed by atoms with van der Waals surface area (Å²) in [6.45, 7) is 1.36. The van der Waals surface area contributed by atoms with E-state index < -0.39 is 24.0 Å². The van der Waals surface area contributed by atoms with E-state index in [1.165, 1.54) is 0 Å². The second kappa shape index (κ2) is 7.93. The number of hydrogen-bond donors (Lipinski definition) is 0. The molecule has 0 N–H and O–H groups in total. The summed E-state index contributed by atoms with van der Waals surface area (Å²) in [5.41, 5.74) is 1.80. The van der Waals surface area contributed by atoms with E-state index in [9.17, 15) is 9.59 Å². The topological polar surface area (TPSA) is 65.1 Å². The highest BCUT2D eigenvalue weighted by Gasteiger charge is 2.62. The molecule has 0 radical (unpaired) electrons. The van der Waals surface area contributed by atoms with Crippen LogP contribution in [-0.4, -0.2) is 41.9 Å². The molecule has 0 aromatic heterocycles. The molecule has 4 aliphatic heterocycles. The van der Waals surface area contributed by atoms with Gasteiger partial charge in [-0.25, -0.2) is 14.5 Å². The molecule has 6 rings (SSSR count). The van der Waals surface area contributed by atoms with Crippen molar-refractivity contribution < 1.29 is 23.8 Å². The maximum Gasteiger partial charge on any atom is 0.359 e. The third-order valence-electron chi connectivity index (χ3n) is 5.86. The minimum absolute atomic E-state index is 0.112. The SMILES string of the molecule is O=C1C=CC(=O)OC2(O1)C(Oc1ccc(C#Cc3ccccc3)cc1)C1CCN2CC1. The summed E-state index contributed by atoms with van der Waals surface area (Å²) in [7, 11) is 0. The Morgan fingerprint density at radius 1 is 0.839 bits per heavy atom. The van der Waals surface area contributed by atoms with E-state index in [1.807, 2.05) is 59.5 Å². The third kappa shape index (κ3) is 3.80. The molecule has 2 aromatic carbocycles. The van der Waals surface area contributed by atoms with Crippen LogP contribution in [0, 0.1) is 17.8 Å². The fraction of sp³-hybridized carbons (Fsp3) is 0.280. The van der Waals surface area contributed by atoms with Crippen molar-refractivity contribution in [2.45, 2.75) is 24.9 Å². The highest BCUT2D eigenvalue weighted by atomic mass is 16.8. The van der Waals surface area contributed by atoms with Crippen molar-refractivity contribution in [1.29, 1.82) is 0 Å². The number of hydrogen-bond acceptors (Lipinski definition) is 6. The molecule has 3 saturated heterocycles. The van der Waals surface area contributed by atoms with E-state index in [2.05, 4.69) is 11.8 Å². The predicted octanol–water partition coefficient (Wildman–Crippen LogP) is 2.87. The minimum Gasteiger partial charge on any atom is -0.480 e. The number of carbonyl (C=O) groups is 2. The van der Waals surface area contributed by atoms with Crippen molar-refractivity contribution in [2.24, 2.45) is 5.92 Å². The smallest absolute Gasteiger partial charge is 0.359 e. The van der Waals surface area contributed by atoms with Gasteiger partial charge < -0.3 is 14.2 Å². The fourth-order valence-electron chi connectivity index (χ4n) is 4.35. The number of ether oxygens (including phenoxy) is 3. The van der Waals surface area contributed by atoms with Gasteiger partial charge in [0.05, 0.1) is 0 Å². The lowest BCUT2D eigenvalue weighted by molar-refractivity contribution is -0.348. The second-order valence-electron chi connectivity index (χ2n) is 7.81. The number of carbonyl (C=O) groups excluding carboxylic acids is 2. The van der Waals surface area contributed by atoms with Gasteiger partial charge in [0, 0.05) is 42.3 Å². The highest BCUT2D eigenvalue weighted by molar-refractivity contribution is 5.93. The lowest BCUT2D eigenvalue weighted by atomic mass is 9.82. The molecule has 0 saturated carbocycles. The Labute approximate surface area is 180 Å². The molecule has 1 spiro atoms. The fourth-order valence-corrected chi connectivity index (χ4v) is 4.35. The standard InChI is InChI=1S/C25H21NO5/c27-22-12-13-23(28)31-25(30-22)24(20-14-16-26(25)17-15-20)29-21-10-8-19(9-11-21)7-6-18-4-2-1-3-5-18/h1-5,8-13,20,24H,14-17H2. The summed E-state index contributed by atoms with van der Waals surface area (Å²) in [4.78, 5) is 26.2. The summed E-state index contributed by atoms with van der Waals surface area (Å²) in [5, 5.41) is 0. The van der Waals surface area contributed by atoms with Crippen LogP contribution >= 0.6 is 0 Å². The summed E-state index contributed by atoms with van der Waals surface area (Å²) in [6.07, 6.45) is 3.35. The van der Waals surface area contributed by atoms with Gasteiger partial charge in [0.1, 0.15) is 5.75 Å². The first-order valence-electron chi connectivity index (χ1n) is 10.4. The van der Waals surface area contributed by atoms with Crippen LogP contribution in [0.25, 0.3) is 0 Å². The van der Waals surface area contributed by atoms with Crippen LogP contribution in [0.2, 0.25) is 0 Å². The Kier molecular flexibility index (Phi) is 4.97. The molecular weight excluding hydrogens is 394 g/mol. The molecule has 2 aromatic rings. The van der Waals surface area contributed by atoms with Gasteiger partial charge in [-0.1, -0.05) is 30.0 Å². The molecule has 1 atom stereocenters. The van der Waals surface area contributed by atoms with Gasteiger partial charge in [0.25, 0.3) is 0 Å². The van der Waals surface area contributed by atoms with E-state index >= 15 is 0 Å². The van der Waals surface area contributed by atoms with Crippen LogP contribution < -0.4 is 4.74 Å². The van der Waals surface area contributed by atoms with Crippen LogP contribution in [-0.2, 0) is 19.1 Å². The number of benzene rings is 2. The quantitative estimate of drug-likeness (QED) is 0.555. The molecule has 6 nitrogen and oxygen atoms in total. The van der Waals surface area contributed by atoms with E-state index in [-0.39, 0.29) is 5.92 Å². The van der Waals surface area contributed by atoms with Crippen LogP contribution in [0.4, 0.5) is 0 Å². The lowest BCUT2D eigenvalue weighted by Gasteiger charge is -2.54. The number of piperidine rings is 3. The van der Waals surface area contributed by atoms with E-state index in [4.69, 9.17) is 14.2 Å². The zero-order valence-corrected chi connectivity index (χ0v) is 16.8. The molecule has 0 amide bonds. The van der Waals surface area contributed by atoms with Gasteiger partial charge in [0.15, 0.2) is 6.10 Å². The van der Waals surface area contributed by atoms with Crippen molar-refractivity contribution >= 4 is 11.9 Å².